The van der Waals surface area contributed by atoms with E-state index >= 15 is 0 Å². The Labute approximate surface area is 79.6 Å². The zero-order valence-corrected chi connectivity index (χ0v) is 7.61. The number of rotatable bonds is 5. The molecule has 0 aromatic rings. The van der Waals surface area contributed by atoms with E-state index in [4.69, 9.17) is 30.6 Å². The van der Waals surface area contributed by atoms with Crippen molar-refractivity contribution >= 4 is 5.97 Å². The number of carboxylic acids is 1. The van der Waals surface area contributed by atoms with E-state index < -0.39 is 37.0 Å². The van der Waals surface area contributed by atoms with E-state index in [1.807, 2.05) is 0 Å². The first-order valence-corrected chi connectivity index (χ1v) is 3.47. The molecule has 0 rings (SSSR count). The van der Waals surface area contributed by atoms with Crippen LogP contribution in [0.1, 0.15) is 0 Å². The van der Waals surface area contributed by atoms with E-state index in [-0.39, 0.29) is 6.15 Å². The van der Waals surface area contributed by atoms with Crippen LogP contribution in [0, 0.1) is 0 Å². The second-order valence-corrected chi connectivity index (χ2v) is 2.51. The van der Waals surface area contributed by atoms with Crippen LogP contribution in [-0.4, -0.2) is 67.6 Å². The third kappa shape index (κ3) is 3.96. The Morgan fingerprint density at radius 1 is 1.07 bits per heavy atom. The first-order chi connectivity index (χ1) is 5.91. The average Bonchev–Trinajstić information content (AvgIpc) is 2.12. The molecule has 0 aliphatic carbocycles. The minimum absolute atomic E-state index is 0. The van der Waals surface area contributed by atoms with Gasteiger partial charge in [-0.2, -0.15) is 0 Å². The molecule has 0 amide bonds. The number of hydrogen-bond donors (Lipinski definition) is 7. The number of aliphatic hydroxyl groups excluding tert-OH is 5. The van der Waals surface area contributed by atoms with Crippen molar-refractivity contribution in [2.45, 2.75) is 24.4 Å². The predicted octanol–water partition coefficient (Wildman–Crippen LogP) is -3.12. The van der Waals surface area contributed by atoms with Crippen molar-refractivity contribution in [2.24, 2.45) is 0 Å². The fourth-order valence-corrected chi connectivity index (χ4v) is 0.668. The lowest BCUT2D eigenvalue weighted by Gasteiger charge is -2.23. The molecule has 0 aromatic heterocycles. The van der Waals surface area contributed by atoms with Gasteiger partial charge in [0.1, 0.15) is 18.3 Å². The topological polar surface area (TPSA) is 175 Å². The van der Waals surface area contributed by atoms with Crippen LogP contribution in [0.15, 0.2) is 0 Å². The average molecular weight is 214 g/mol. The number of carboxylic acid groups (broad SMARTS) is 1. The van der Waals surface area contributed by atoms with Gasteiger partial charge in [-0.1, -0.05) is 0 Å². The van der Waals surface area contributed by atoms with Crippen molar-refractivity contribution in [3.05, 3.63) is 0 Å². The van der Waals surface area contributed by atoms with Crippen molar-refractivity contribution in [2.75, 3.05) is 6.61 Å². The molecule has 0 radical (unpaired) electrons. The van der Waals surface area contributed by atoms with Crippen LogP contribution >= 0.6 is 0 Å². The molecule has 0 bridgehead atoms. The van der Waals surface area contributed by atoms with Gasteiger partial charge in [0.15, 0.2) is 6.10 Å². The molecular weight excluding hydrogens is 198 g/mol. The maximum absolute atomic E-state index is 10.1. The highest BCUT2D eigenvalue weighted by Crippen LogP contribution is 2.04. The second-order valence-electron chi connectivity index (χ2n) is 2.51. The summed E-state index contributed by atoms with van der Waals surface area (Å²) in [5.74, 6) is -1.73. The van der Waals surface area contributed by atoms with Crippen molar-refractivity contribution in [1.82, 2.24) is 6.15 Å². The predicted molar refractivity (Wildman–Crippen MR) is 44.7 cm³/mol. The summed E-state index contributed by atoms with van der Waals surface area (Å²) in [6, 6.07) is 0. The summed E-state index contributed by atoms with van der Waals surface area (Å²) in [6.45, 7) is -0.843. The maximum Gasteiger partial charge on any atom is 0.335 e. The molecule has 0 aliphatic rings. The van der Waals surface area contributed by atoms with E-state index in [0.717, 1.165) is 0 Å². The Kier molecular flexibility index (Phi) is 7.45. The summed E-state index contributed by atoms with van der Waals surface area (Å²) >= 11 is 0. The van der Waals surface area contributed by atoms with Crippen LogP contribution in [0.3, 0.4) is 0 Å². The normalized spacial score (nSPS) is 18.9. The van der Waals surface area contributed by atoms with Gasteiger partial charge in [0.2, 0.25) is 0 Å². The van der Waals surface area contributed by atoms with Gasteiger partial charge in [-0.3, -0.25) is 0 Å². The van der Waals surface area contributed by atoms with Crippen molar-refractivity contribution in [1.29, 1.82) is 0 Å². The second kappa shape index (κ2) is 6.65. The molecule has 0 heterocycles. The van der Waals surface area contributed by atoms with Gasteiger partial charge < -0.3 is 36.8 Å². The van der Waals surface area contributed by atoms with Gasteiger partial charge in [-0.25, -0.2) is 4.79 Å². The zero-order valence-electron chi connectivity index (χ0n) is 7.61. The standard InChI is InChI=1S/C6H12O7.H3N/c7-1-2(8)3(9)4(10)5(11)6(12)13;/h2-5,7-11H,1H2,(H,12,13);1H3/p+1/t2-,3-,4+,5-;/m1./s1. The quantitative estimate of drug-likeness (QED) is 0.253. The molecular formula is C6H16NO7+. The number of aliphatic hydroxyl groups is 5. The summed E-state index contributed by atoms with van der Waals surface area (Å²) in [4.78, 5) is 10.1. The van der Waals surface area contributed by atoms with Crippen LogP contribution in [0.2, 0.25) is 0 Å². The number of quaternary nitrogens is 1. The van der Waals surface area contributed by atoms with E-state index in [9.17, 15) is 4.79 Å². The number of hydrogen-bond acceptors (Lipinski definition) is 6. The van der Waals surface area contributed by atoms with Crippen LogP contribution in [-0.2, 0) is 4.79 Å². The van der Waals surface area contributed by atoms with Gasteiger partial charge in [0.25, 0.3) is 0 Å². The summed E-state index contributed by atoms with van der Waals surface area (Å²) < 4.78 is 0. The van der Waals surface area contributed by atoms with Gasteiger partial charge in [-0.05, 0) is 0 Å². The molecule has 10 N–H and O–H groups in total. The summed E-state index contributed by atoms with van der Waals surface area (Å²) in [5, 5.41) is 51.8. The zero-order chi connectivity index (χ0) is 10.6. The minimum Gasteiger partial charge on any atom is -0.479 e. The molecule has 14 heavy (non-hydrogen) atoms. The maximum atomic E-state index is 10.1. The van der Waals surface area contributed by atoms with Crippen LogP contribution in [0.25, 0.3) is 0 Å². The van der Waals surface area contributed by atoms with E-state index in [0.29, 0.717) is 0 Å². The molecule has 0 aliphatic heterocycles. The Hall–Kier alpha value is -0.770. The summed E-state index contributed by atoms with van der Waals surface area (Å²) in [6.07, 6.45) is -7.84. The minimum atomic E-state index is -2.20. The summed E-state index contributed by atoms with van der Waals surface area (Å²) in [5.41, 5.74) is 0. The van der Waals surface area contributed by atoms with Gasteiger partial charge in [0.05, 0.1) is 6.61 Å². The lowest BCUT2D eigenvalue weighted by molar-refractivity contribution is -0.164. The van der Waals surface area contributed by atoms with Gasteiger partial charge in [0, 0.05) is 0 Å². The van der Waals surface area contributed by atoms with Crippen molar-refractivity contribution < 1.29 is 35.4 Å². The first kappa shape index (κ1) is 15.7. The van der Waals surface area contributed by atoms with Gasteiger partial charge >= 0.3 is 5.97 Å². The lowest BCUT2D eigenvalue weighted by atomic mass is 10.0. The molecule has 8 heteroatoms. The largest absolute Gasteiger partial charge is 0.479 e. The highest BCUT2D eigenvalue weighted by molar-refractivity contribution is 5.72. The first-order valence-electron chi connectivity index (χ1n) is 3.47. The Morgan fingerprint density at radius 2 is 1.50 bits per heavy atom. The Morgan fingerprint density at radius 3 is 1.79 bits per heavy atom. The smallest absolute Gasteiger partial charge is 0.335 e. The van der Waals surface area contributed by atoms with Crippen LogP contribution in [0.5, 0.6) is 0 Å². The van der Waals surface area contributed by atoms with E-state index in [1.54, 1.807) is 0 Å². The molecule has 0 fully saturated rings. The van der Waals surface area contributed by atoms with Crippen LogP contribution in [0.4, 0.5) is 0 Å². The van der Waals surface area contributed by atoms with Crippen molar-refractivity contribution in [3.63, 3.8) is 0 Å². The molecule has 86 valence electrons. The monoisotopic (exact) mass is 214 g/mol. The Bertz CT molecular complexity index is 176. The van der Waals surface area contributed by atoms with Gasteiger partial charge in [-0.15, -0.1) is 0 Å². The van der Waals surface area contributed by atoms with E-state index in [1.165, 1.54) is 0 Å². The SMILES string of the molecule is O=C(O)[C@H](O)[C@@H](O)[C@H](O)[C@H](O)CO.[NH4+]. The molecule has 0 spiro atoms. The molecule has 0 saturated heterocycles. The molecule has 8 nitrogen and oxygen atoms in total. The fourth-order valence-electron chi connectivity index (χ4n) is 0.668. The number of aliphatic carboxylic acids is 1. The fraction of sp³-hybridized carbons (Fsp3) is 0.833. The third-order valence-corrected chi connectivity index (χ3v) is 1.51. The lowest BCUT2D eigenvalue weighted by Crippen LogP contribution is -2.48. The highest BCUT2D eigenvalue weighted by atomic mass is 16.4. The molecule has 0 saturated carbocycles. The van der Waals surface area contributed by atoms with Crippen molar-refractivity contribution in [3.8, 4) is 0 Å². The Balaban J connectivity index is 0. The highest BCUT2D eigenvalue weighted by Gasteiger charge is 2.33. The third-order valence-electron chi connectivity index (χ3n) is 1.51. The summed E-state index contributed by atoms with van der Waals surface area (Å²) in [7, 11) is 0. The van der Waals surface area contributed by atoms with Crippen LogP contribution < -0.4 is 6.15 Å². The van der Waals surface area contributed by atoms with E-state index in [2.05, 4.69) is 0 Å². The molecule has 0 aromatic carbocycles. The molecule has 0 unspecified atom stereocenters. The number of carbonyl (C=O) groups is 1. The molecule has 4 atom stereocenters.